The Bertz CT molecular complexity index is 1360. The van der Waals surface area contributed by atoms with Crippen molar-refractivity contribution in [1.82, 2.24) is 0 Å². The van der Waals surface area contributed by atoms with Crippen LogP contribution in [0.4, 0.5) is 5.69 Å². The molecule has 1 saturated heterocycles. The predicted molar refractivity (Wildman–Crippen MR) is 163 cm³/mol. The number of hydrogen-bond acceptors (Lipinski definition) is 6. The summed E-state index contributed by atoms with van der Waals surface area (Å²) in [5.41, 5.74) is 2.84. The molecule has 8 nitrogen and oxygen atoms in total. The molecule has 1 N–H and O–H groups in total. The van der Waals surface area contributed by atoms with E-state index in [0.29, 0.717) is 37.7 Å². The third kappa shape index (κ3) is 8.48. The van der Waals surface area contributed by atoms with Gasteiger partial charge in [-0.2, -0.15) is 0 Å². The Morgan fingerprint density at radius 1 is 0.860 bits per heavy atom. The molecular formula is C34H43ClN2O6. The molecule has 3 aromatic carbocycles. The summed E-state index contributed by atoms with van der Waals surface area (Å²) >= 11 is 0. The number of ether oxygens (including phenoxy) is 5. The Kier molecular flexibility index (Phi) is 11.4. The number of quaternary nitrogens is 1. The Hall–Kier alpha value is -3.62. The summed E-state index contributed by atoms with van der Waals surface area (Å²) in [7, 11) is 7.50. The normalized spacial score (nSPS) is 16.7. The first-order valence-corrected chi connectivity index (χ1v) is 14.9. The van der Waals surface area contributed by atoms with E-state index in [2.05, 4.69) is 20.2 Å². The van der Waals surface area contributed by atoms with E-state index in [9.17, 15) is 4.79 Å². The van der Waals surface area contributed by atoms with E-state index in [4.69, 9.17) is 23.7 Å². The minimum atomic E-state index is 0. The fourth-order valence-electron chi connectivity index (χ4n) is 5.59. The zero-order valence-electron chi connectivity index (χ0n) is 25.6. The fraction of sp³-hybridized carbons (Fsp3) is 0.441. The molecule has 0 aromatic heterocycles. The number of anilines is 1. The molecule has 1 heterocycles. The molecule has 5 rings (SSSR count). The summed E-state index contributed by atoms with van der Waals surface area (Å²) in [6.45, 7) is 2.35. The number of hydrogen-bond donors (Lipinski definition) is 1. The minimum Gasteiger partial charge on any atom is -1.00 e. The van der Waals surface area contributed by atoms with Crippen molar-refractivity contribution >= 4 is 11.6 Å². The maximum atomic E-state index is 13.4. The van der Waals surface area contributed by atoms with Crippen molar-refractivity contribution in [3.63, 3.8) is 0 Å². The highest BCUT2D eigenvalue weighted by Gasteiger charge is 2.33. The Morgan fingerprint density at radius 2 is 1.63 bits per heavy atom. The van der Waals surface area contributed by atoms with Gasteiger partial charge in [0, 0.05) is 37.1 Å². The minimum absolute atomic E-state index is 0. The number of carbonyl (C=O) groups excluding carboxylic acids is 1. The zero-order valence-corrected chi connectivity index (χ0v) is 26.3. The van der Waals surface area contributed by atoms with Crippen LogP contribution in [-0.2, 0) is 11.4 Å². The lowest BCUT2D eigenvalue weighted by molar-refractivity contribution is -0.858. The van der Waals surface area contributed by atoms with Gasteiger partial charge in [0.1, 0.15) is 37.0 Å². The summed E-state index contributed by atoms with van der Waals surface area (Å²) in [6.07, 6.45) is 5.18. The van der Waals surface area contributed by atoms with Gasteiger partial charge in [0.25, 0.3) is 0 Å². The van der Waals surface area contributed by atoms with Crippen LogP contribution in [0.3, 0.4) is 0 Å². The number of halogens is 1. The highest BCUT2D eigenvalue weighted by molar-refractivity contribution is 5.97. The number of benzene rings is 3. The molecule has 9 heteroatoms. The van der Waals surface area contributed by atoms with Gasteiger partial charge < -0.3 is 45.9 Å². The van der Waals surface area contributed by atoms with Gasteiger partial charge in [-0.25, -0.2) is 0 Å². The summed E-state index contributed by atoms with van der Waals surface area (Å²) < 4.78 is 29.6. The number of amides is 1. The van der Waals surface area contributed by atoms with Crippen molar-refractivity contribution in [2.75, 3.05) is 52.9 Å². The predicted octanol–water partition coefficient (Wildman–Crippen LogP) is 1.65. The Labute approximate surface area is 261 Å². The number of likely N-dealkylation sites (N-methyl/N-ethyl adjacent to an activating group) is 1. The van der Waals surface area contributed by atoms with Gasteiger partial charge in [0.2, 0.25) is 5.91 Å². The number of nitrogens with zero attached hydrogens (tertiary/aromatic N) is 1. The number of rotatable bonds is 13. The molecular weight excluding hydrogens is 568 g/mol. The van der Waals surface area contributed by atoms with Gasteiger partial charge in [-0.05, 0) is 61.1 Å². The Morgan fingerprint density at radius 3 is 2.35 bits per heavy atom. The molecule has 1 amide bonds. The second-order valence-corrected chi connectivity index (χ2v) is 11.4. The molecule has 0 bridgehead atoms. The lowest BCUT2D eigenvalue weighted by Gasteiger charge is -2.21. The van der Waals surface area contributed by atoms with Gasteiger partial charge in [0.15, 0.2) is 11.5 Å². The molecule has 0 radical (unpaired) electrons. The first kappa shape index (κ1) is 32.3. The molecule has 232 valence electrons. The van der Waals surface area contributed by atoms with E-state index in [0.717, 1.165) is 53.4 Å². The lowest BCUT2D eigenvalue weighted by atomic mass is 9.98. The first-order chi connectivity index (χ1) is 20.4. The van der Waals surface area contributed by atoms with Gasteiger partial charge in [-0.3, -0.25) is 4.79 Å². The van der Waals surface area contributed by atoms with Crippen LogP contribution in [0, 0.1) is 0 Å². The fourth-order valence-corrected chi connectivity index (χ4v) is 5.59. The second kappa shape index (κ2) is 15.2. The average Bonchev–Trinajstić information content (AvgIpc) is 3.65. The zero-order chi connectivity index (χ0) is 29.5. The third-order valence-corrected chi connectivity index (χ3v) is 7.97. The van der Waals surface area contributed by atoms with Crippen LogP contribution in [0.5, 0.6) is 28.7 Å². The quantitative estimate of drug-likeness (QED) is 0.318. The average molecular weight is 611 g/mol. The van der Waals surface area contributed by atoms with E-state index < -0.39 is 0 Å². The Balaban J connectivity index is 0.00000423. The van der Waals surface area contributed by atoms with E-state index in [1.54, 1.807) is 14.2 Å². The van der Waals surface area contributed by atoms with Crippen molar-refractivity contribution in [3.8, 4) is 28.7 Å². The number of methoxy groups -OCH3 is 2. The van der Waals surface area contributed by atoms with Crippen LogP contribution >= 0.6 is 0 Å². The number of carbonyl (C=O) groups is 1. The summed E-state index contributed by atoms with van der Waals surface area (Å²) in [4.78, 5) is 16.5. The molecule has 3 aromatic rings. The molecule has 1 aliphatic carbocycles. The molecule has 2 fully saturated rings. The smallest absolute Gasteiger partial charge is 0.227 e. The van der Waals surface area contributed by atoms with Crippen LogP contribution < -0.4 is 45.9 Å². The van der Waals surface area contributed by atoms with Gasteiger partial charge >= 0.3 is 0 Å². The van der Waals surface area contributed by atoms with Crippen LogP contribution in [0.1, 0.15) is 49.1 Å². The highest BCUT2D eigenvalue weighted by atomic mass is 35.5. The highest BCUT2D eigenvalue weighted by Crippen LogP contribution is 2.39. The van der Waals surface area contributed by atoms with Crippen molar-refractivity contribution < 1.29 is 45.8 Å². The van der Waals surface area contributed by atoms with Crippen LogP contribution in [0.2, 0.25) is 0 Å². The van der Waals surface area contributed by atoms with E-state index >= 15 is 0 Å². The van der Waals surface area contributed by atoms with E-state index in [1.807, 2.05) is 59.5 Å². The topological polar surface area (TPSA) is 70.9 Å². The monoisotopic (exact) mass is 610 g/mol. The maximum Gasteiger partial charge on any atom is 0.227 e. The molecule has 2 aliphatic rings. The van der Waals surface area contributed by atoms with Crippen LogP contribution in [0.25, 0.3) is 0 Å². The van der Waals surface area contributed by atoms with E-state index in [1.165, 1.54) is 17.7 Å². The van der Waals surface area contributed by atoms with Crippen molar-refractivity contribution in [2.45, 2.75) is 50.7 Å². The van der Waals surface area contributed by atoms with Crippen molar-refractivity contribution in [2.24, 2.45) is 0 Å². The molecule has 1 atom stereocenters. The second-order valence-electron chi connectivity index (χ2n) is 11.4. The van der Waals surface area contributed by atoms with Gasteiger partial charge in [-0.1, -0.05) is 18.2 Å². The summed E-state index contributed by atoms with van der Waals surface area (Å²) in [5.74, 6) is 3.72. The lowest BCUT2D eigenvalue weighted by Crippen LogP contribution is -3.06. The SMILES string of the molecule is COc1cccc(COc2cc(OCC[NH+](C)C)cc(N3CC(c4ccc(OC)c(OC5CCCC5)c4)CC3=O)c2)c1.[Cl-]. The van der Waals surface area contributed by atoms with Gasteiger partial charge in [-0.15, -0.1) is 0 Å². The summed E-state index contributed by atoms with van der Waals surface area (Å²) in [6, 6.07) is 19.6. The summed E-state index contributed by atoms with van der Waals surface area (Å²) in [5, 5.41) is 0. The first-order valence-electron chi connectivity index (χ1n) is 14.9. The largest absolute Gasteiger partial charge is 1.00 e. The standard InChI is InChI=1S/C34H42N2O6.ClH/c1-35(2)14-15-40-30-19-27(20-31(21-30)41-23-24-8-7-11-29(16-24)38-3)36-22-26(18-34(36)37)25-12-13-32(39-4)33(17-25)42-28-9-5-6-10-28;/h7-8,11-13,16-17,19-21,26,28H,5-6,9-10,14-15,18,22-23H2,1-4H3;1H. The molecule has 0 spiro atoms. The van der Waals surface area contributed by atoms with Gasteiger partial charge in [0.05, 0.1) is 40.1 Å². The molecule has 43 heavy (non-hydrogen) atoms. The molecule has 1 saturated carbocycles. The molecule has 1 aliphatic heterocycles. The maximum absolute atomic E-state index is 13.4. The number of nitrogens with one attached hydrogen (secondary N) is 1. The van der Waals surface area contributed by atoms with Crippen molar-refractivity contribution in [1.29, 1.82) is 0 Å². The molecule has 1 unspecified atom stereocenters. The van der Waals surface area contributed by atoms with Crippen LogP contribution in [-0.4, -0.2) is 60.0 Å². The van der Waals surface area contributed by atoms with Crippen LogP contribution in [0.15, 0.2) is 60.7 Å². The third-order valence-electron chi connectivity index (χ3n) is 7.97. The van der Waals surface area contributed by atoms with Crippen molar-refractivity contribution in [3.05, 3.63) is 71.8 Å². The van der Waals surface area contributed by atoms with E-state index in [-0.39, 0.29) is 30.3 Å².